The Kier molecular flexibility index (Phi) is 5.38. The van der Waals surface area contributed by atoms with Gasteiger partial charge in [-0.1, -0.05) is 48.5 Å². The lowest BCUT2D eigenvalue weighted by molar-refractivity contribution is -0.154. The molecule has 3 aliphatic rings. The molecule has 6 atom stereocenters. The largest absolute Gasteiger partial charge is 0.466 e. The Hall–Kier alpha value is -3.39. The van der Waals surface area contributed by atoms with Gasteiger partial charge < -0.3 is 24.6 Å². The van der Waals surface area contributed by atoms with Gasteiger partial charge in [-0.05, 0) is 36.1 Å². The van der Waals surface area contributed by atoms with E-state index in [1.807, 2.05) is 48.5 Å². The highest BCUT2D eigenvalue weighted by Crippen LogP contribution is 2.63. The number of rotatable bonds is 7. The van der Waals surface area contributed by atoms with Gasteiger partial charge in [0, 0.05) is 25.5 Å². The number of hydrogen-bond donors (Lipinski definition) is 2. The van der Waals surface area contributed by atoms with Crippen molar-refractivity contribution in [2.75, 3.05) is 19.8 Å². The number of hydrogen-bond acceptors (Lipinski definition) is 7. The number of carbonyl (C=O) groups excluding carboxylic acids is 3. The molecule has 5 rings (SSSR count). The summed E-state index contributed by atoms with van der Waals surface area (Å²) in [5.41, 5.74) is 1.96. The summed E-state index contributed by atoms with van der Waals surface area (Å²) in [5.74, 6) is -5.04. The Labute approximate surface area is 206 Å². The van der Waals surface area contributed by atoms with Crippen LogP contribution in [0.4, 0.5) is 4.79 Å². The molecule has 0 bridgehead atoms. The van der Waals surface area contributed by atoms with Gasteiger partial charge in [-0.2, -0.15) is 0 Å². The zero-order chi connectivity index (χ0) is 26.5. The zero-order valence-electron chi connectivity index (χ0n) is 21.5. The minimum Gasteiger partial charge on any atom is -0.466 e. The number of amides is 1. The molecule has 2 aromatic carbocycles. The molecule has 0 heterocycles. The molecular formula is C27H29NO7. The van der Waals surface area contributed by atoms with Crippen molar-refractivity contribution in [1.82, 2.24) is 5.32 Å². The third-order valence-electron chi connectivity index (χ3n) is 7.09. The average molecular weight is 482 g/mol. The van der Waals surface area contributed by atoms with Crippen LogP contribution < -0.4 is 5.32 Å². The number of ether oxygens (including phenoxy) is 3. The van der Waals surface area contributed by atoms with Gasteiger partial charge in [0.25, 0.3) is 0 Å². The molecule has 2 fully saturated rings. The highest BCUT2D eigenvalue weighted by Gasteiger charge is 2.76. The summed E-state index contributed by atoms with van der Waals surface area (Å²) in [6.45, 7) is 3.15. The predicted octanol–water partition coefficient (Wildman–Crippen LogP) is 3.02. The van der Waals surface area contributed by atoms with E-state index in [2.05, 4.69) is 5.32 Å². The second-order valence-corrected chi connectivity index (χ2v) is 8.94. The van der Waals surface area contributed by atoms with E-state index < -0.39 is 53.8 Å². The first-order valence-corrected chi connectivity index (χ1v) is 11.8. The van der Waals surface area contributed by atoms with Crippen LogP contribution in [-0.4, -0.2) is 54.6 Å². The van der Waals surface area contributed by atoms with Gasteiger partial charge in [0.2, 0.25) is 0 Å². The van der Waals surface area contributed by atoms with Crippen molar-refractivity contribution in [2.24, 2.45) is 17.8 Å². The lowest BCUT2D eigenvalue weighted by Gasteiger charge is -2.31. The number of fused-ring (bicyclic) bond motifs is 4. The van der Waals surface area contributed by atoms with Crippen LogP contribution in [0.3, 0.4) is 0 Å². The molecule has 2 unspecified atom stereocenters. The Morgan fingerprint density at radius 1 is 1.03 bits per heavy atom. The third kappa shape index (κ3) is 3.76. The van der Waals surface area contributed by atoms with Crippen LogP contribution in [0, 0.1) is 17.8 Å². The first-order valence-electron chi connectivity index (χ1n) is 12.9. The lowest BCUT2D eigenvalue weighted by atomic mass is 9.89. The van der Waals surface area contributed by atoms with Crippen LogP contribution in [0.5, 0.6) is 0 Å². The molecule has 0 spiro atoms. The van der Waals surface area contributed by atoms with Crippen LogP contribution in [0.25, 0.3) is 11.1 Å². The van der Waals surface area contributed by atoms with Crippen LogP contribution in [-0.2, 0) is 23.8 Å². The normalized spacial score (nSPS) is 32.9. The van der Waals surface area contributed by atoms with Crippen molar-refractivity contribution >= 4 is 18.0 Å². The molecule has 1 amide bonds. The number of benzene rings is 2. The van der Waals surface area contributed by atoms with Crippen molar-refractivity contribution in [2.45, 2.75) is 37.8 Å². The Balaban J connectivity index is 1.40. The molecule has 35 heavy (non-hydrogen) atoms. The molecule has 2 N–H and O–H groups in total. The summed E-state index contributed by atoms with van der Waals surface area (Å²) in [7, 11) is 0. The monoisotopic (exact) mass is 481 g/mol. The summed E-state index contributed by atoms with van der Waals surface area (Å²) < 4.78 is 32.8. The van der Waals surface area contributed by atoms with E-state index in [-0.39, 0.29) is 25.7 Å². The van der Waals surface area contributed by atoms with Gasteiger partial charge in [0.1, 0.15) is 12.1 Å². The van der Waals surface area contributed by atoms with Gasteiger partial charge in [-0.15, -0.1) is 0 Å². The Morgan fingerprint density at radius 3 is 2.23 bits per heavy atom. The van der Waals surface area contributed by atoms with E-state index in [1.54, 1.807) is 13.8 Å². The molecule has 2 saturated carbocycles. The van der Waals surface area contributed by atoms with E-state index in [0.29, 0.717) is 0 Å². The minimum absolute atomic E-state index is 0.0397. The van der Waals surface area contributed by atoms with Gasteiger partial charge in [-0.25, -0.2) is 9.59 Å². The van der Waals surface area contributed by atoms with Crippen molar-refractivity contribution in [3.8, 4) is 11.1 Å². The van der Waals surface area contributed by atoms with Gasteiger partial charge in [0.15, 0.2) is 0 Å². The summed E-state index contributed by atoms with van der Waals surface area (Å²) in [6.07, 6.45) is -5.29. The quantitative estimate of drug-likeness (QED) is 0.462. The smallest absolute Gasteiger partial charge is 0.408 e. The van der Waals surface area contributed by atoms with Crippen molar-refractivity contribution in [3.05, 3.63) is 59.7 Å². The number of esters is 2. The molecular weight excluding hydrogens is 450 g/mol. The fraction of sp³-hybridized carbons (Fsp3) is 0.444. The van der Waals surface area contributed by atoms with E-state index >= 15 is 0 Å². The summed E-state index contributed by atoms with van der Waals surface area (Å²) in [5, 5.41) is 13.3. The molecule has 0 radical (unpaired) electrons. The highest BCUT2D eigenvalue weighted by molar-refractivity contribution is 5.91. The molecule has 0 aliphatic heterocycles. The topological polar surface area (TPSA) is 111 Å². The fourth-order valence-corrected chi connectivity index (χ4v) is 5.62. The maximum atomic E-state index is 13.2. The maximum absolute atomic E-state index is 13.2. The number of nitrogens with one attached hydrogen (secondary N) is 1. The summed E-state index contributed by atoms with van der Waals surface area (Å²) in [6, 6.07) is 15.7. The molecule has 8 nitrogen and oxygen atoms in total. The van der Waals surface area contributed by atoms with E-state index in [4.69, 9.17) is 17.0 Å². The highest BCUT2D eigenvalue weighted by atomic mass is 16.6. The molecule has 8 heteroatoms. The molecule has 3 aliphatic carbocycles. The van der Waals surface area contributed by atoms with Crippen LogP contribution in [0.2, 0.25) is 0 Å². The minimum atomic E-state index is -2.48. The van der Waals surface area contributed by atoms with E-state index in [9.17, 15) is 19.5 Å². The van der Waals surface area contributed by atoms with Gasteiger partial charge in [0.05, 0.1) is 26.6 Å². The number of aliphatic hydroxyl groups is 1. The van der Waals surface area contributed by atoms with Gasteiger partial charge in [-0.3, -0.25) is 4.79 Å². The van der Waals surface area contributed by atoms with Crippen molar-refractivity contribution < 1.29 is 36.4 Å². The first-order chi connectivity index (χ1) is 17.7. The second-order valence-electron chi connectivity index (χ2n) is 8.94. The SMILES string of the molecule is [2H]C1C([2H])(O)[C@H]2[C@H](C(=O)OCC)[C@H]2[C@]1(NC(=O)OCC1c2ccccc2-c2ccccc21)C(=O)OCC. The molecule has 0 saturated heterocycles. The number of carbonyl (C=O) groups is 3. The van der Waals surface area contributed by atoms with Crippen LogP contribution in [0.1, 0.15) is 40.0 Å². The van der Waals surface area contributed by atoms with Crippen molar-refractivity contribution in [1.29, 1.82) is 0 Å². The van der Waals surface area contributed by atoms with E-state index in [1.165, 1.54) is 0 Å². The summed E-state index contributed by atoms with van der Waals surface area (Å²) >= 11 is 0. The Morgan fingerprint density at radius 2 is 1.63 bits per heavy atom. The zero-order valence-corrected chi connectivity index (χ0v) is 19.5. The van der Waals surface area contributed by atoms with Crippen LogP contribution in [0.15, 0.2) is 48.5 Å². The lowest BCUT2D eigenvalue weighted by Crippen LogP contribution is -2.57. The fourth-order valence-electron chi connectivity index (χ4n) is 5.62. The van der Waals surface area contributed by atoms with Crippen molar-refractivity contribution in [3.63, 3.8) is 0 Å². The molecule has 2 aromatic rings. The Bertz CT molecular complexity index is 1210. The molecule has 184 valence electrons. The van der Waals surface area contributed by atoms with Gasteiger partial charge >= 0.3 is 18.0 Å². The van der Waals surface area contributed by atoms with E-state index in [0.717, 1.165) is 22.3 Å². The third-order valence-corrected chi connectivity index (χ3v) is 7.09. The predicted molar refractivity (Wildman–Crippen MR) is 125 cm³/mol. The maximum Gasteiger partial charge on any atom is 0.408 e. The average Bonchev–Trinajstić information content (AvgIpc) is 3.53. The van der Waals surface area contributed by atoms with Crippen LogP contribution >= 0.6 is 0 Å². The summed E-state index contributed by atoms with van der Waals surface area (Å²) in [4.78, 5) is 38.9. The number of alkyl carbamates (subject to hydrolysis) is 1. The molecule has 0 aromatic heterocycles. The first kappa shape index (κ1) is 20.9. The second kappa shape index (κ2) is 9.00. The standard InChI is InChI=1S/C27H29NO7/c1-3-33-24(30)22-21-20(29)13-27(23(21)22,25(31)34-4-2)28-26(32)35-14-19-17-11-7-5-9-15(17)16-10-6-8-12-18(16)19/h5-12,19-23,29H,3-4,13-14H2,1-2H3,(H,28,32)/t20?,21-,22-,23-,27-/m0/s1/i13D,20D/t13?,20?,21-,22-,23-,27-.